The van der Waals surface area contributed by atoms with Gasteiger partial charge in [-0.1, -0.05) is 6.42 Å². The minimum atomic E-state index is -3.02. The van der Waals surface area contributed by atoms with Gasteiger partial charge in [-0.25, -0.2) is 8.42 Å². The van der Waals surface area contributed by atoms with Crippen LogP contribution in [-0.4, -0.2) is 30.0 Å². The minimum absolute atomic E-state index is 0.00965. The molecule has 1 aromatic heterocycles. The van der Waals surface area contributed by atoms with Gasteiger partial charge in [0.1, 0.15) is 9.84 Å². The molecule has 1 saturated carbocycles. The highest BCUT2D eigenvalue weighted by atomic mass is 79.9. The van der Waals surface area contributed by atoms with E-state index in [1.54, 1.807) is 12.4 Å². The molecule has 0 spiro atoms. The zero-order chi connectivity index (χ0) is 14.0. The van der Waals surface area contributed by atoms with Crippen molar-refractivity contribution in [3.63, 3.8) is 0 Å². The number of aliphatic hydroxyl groups excluding tert-OH is 1. The van der Waals surface area contributed by atoms with E-state index >= 15 is 0 Å². The van der Waals surface area contributed by atoms with Crippen molar-refractivity contribution in [2.75, 3.05) is 6.26 Å². The molecular weight excluding hydrogens is 330 g/mol. The number of pyridine rings is 1. The van der Waals surface area contributed by atoms with Crippen LogP contribution in [0.3, 0.4) is 0 Å². The third-order valence-corrected chi connectivity index (χ3v) is 5.86. The van der Waals surface area contributed by atoms with Crippen molar-refractivity contribution < 1.29 is 13.5 Å². The van der Waals surface area contributed by atoms with Crippen LogP contribution in [0.2, 0.25) is 0 Å². The fraction of sp³-hybridized carbons (Fsp3) is 0.615. The summed E-state index contributed by atoms with van der Waals surface area (Å²) in [5, 5.41) is 10.1. The summed E-state index contributed by atoms with van der Waals surface area (Å²) in [7, 11) is -3.02. The van der Waals surface area contributed by atoms with Crippen LogP contribution in [0.1, 0.15) is 37.4 Å². The Labute approximate surface area is 122 Å². The molecule has 6 heteroatoms. The van der Waals surface area contributed by atoms with Crippen molar-refractivity contribution >= 4 is 25.8 Å². The molecule has 1 aliphatic rings. The average Bonchev–Trinajstić information content (AvgIpc) is 2.37. The Morgan fingerprint density at radius 3 is 2.79 bits per heavy atom. The van der Waals surface area contributed by atoms with E-state index in [4.69, 9.17) is 0 Å². The molecule has 0 radical (unpaired) electrons. The Morgan fingerprint density at radius 1 is 1.42 bits per heavy atom. The summed E-state index contributed by atoms with van der Waals surface area (Å²) in [5.41, 5.74) is 0.744. The monoisotopic (exact) mass is 347 g/mol. The van der Waals surface area contributed by atoms with Crippen LogP contribution >= 0.6 is 15.9 Å². The first-order valence-corrected chi connectivity index (χ1v) is 9.10. The highest BCUT2D eigenvalue weighted by molar-refractivity contribution is 9.10. The normalized spacial score (nSPS) is 26.1. The van der Waals surface area contributed by atoms with Crippen LogP contribution in [0.15, 0.2) is 22.9 Å². The third-order valence-electron chi connectivity index (χ3n) is 3.79. The second kappa shape index (κ2) is 5.89. The Balaban J connectivity index is 2.13. The van der Waals surface area contributed by atoms with Crippen molar-refractivity contribution in [2.45, 2.75) is 37.0 Å². The Bertz CT molecular complexity index is 547. The first-order valence-electron chi connectivity index (χ1n) is 6.35. The molecule has 0 aromatic carbocycles. The van der Waals surface area contributed by atoms with Gasteiger partial charge in [0.2, 0.25) is 0 Å². The summed E-state index contributed by atoms with van der Waals surface area (Å²) in [6.07, 6.45) is 6.89. The zero-order valence-corrected chi connectivity index (χ0v) is 13.2. The second-order valence-corrected chi connectivity index (χ2v) is 8.50. The fourth-order valence-electron chi connectivity index (χ4n) is 2.72. The first-order chi connectivity index (χ1) is 8.88. The smallest absolute Gasteiger partial charge is 0.150 e. The van der Waals surface area contributed by atoms with Gasteiger partial charge in [-0.05, 0) is 47.2 Å². The molecule has 3 unspecified atom stereocenters. The highest BCUT2D eigenvalue weighted by Gasteiger charge is 2.33. The van der Waals surface area contributed by atoms with Gasteiger partial charge >= 0.3 is 0 Å². The number of sulfone groups is 1. The maximum atomic E-state index is 11.6. The first kappa shape index (κ1) is 14.9. The summed E-state index contributed by atoms with van der Waals surface area (Å²) in [6.45, 7) is 0. The summed E-state index contributed by atoms with van der Waals surface area (Å²) in [5.74, 6) is -0.00965. The van der Waals surface area contributed by atoms with Crippen molar-refractivity contribution in [1.82, 2.24) is 4.98 Å². The number of aliphatic hydroxyl groups is 1. The molecule has 1 aliphatic carbocycles. The van der Waals surface area contributed by atoms with E-state index < -0.39 is 15.9 Å². The lowest BCUT2D eigenvalue weighted by molar-refractivity contribution is 0.0853. The number of nitrogens with zero attached hydrogens (tertiary/aromatic N) is 1. The Morgan fingerprint density at radius 2 is 2.16 bits per heavy atom. The number of hydrogen-bond donors (Lipinski definition) is 1. The maximum Gasteiger partial charge on any atom is 0.150 e. The van der Waals surface area contributed by atoms with Gasteiger partial charge in [-0.2, -0.15) is 0 Å². The highest BCUT2D eigenvalue weighted by Crippen LogP contribution is 2.36. The lowest BCUT2D eigenvalue weighted by Gasteiger charge is -2.31. The molecule has 1 heterocycles. The quantitative estimate of drug-likeness (QED) is 0.911. The number of halogens is 1. The van der Waals surface area contributed by atoms with E-state index in [0.29, 0.717) is 12.8 Å². The number of rotatable bonds is 3. The zero-order valence-electron chi connectivity index (χ0n) is 10.8. The SMILES string of the molecule is CS(=O)(=O)C1CCCC(C(O)c2cncc(Br)c2)C1. The number of hydrogen-bond acceptors (Lipinski definition) is 4. The number of aromatic nitrogens is 1. The molecule has 1 aromatic rings. The van der Waals surface area contributed by atoms with Gasteiger partial charge in [0, 0.05) is 28.7 Å². The molecule has 106 valence electrons. The molecule has 3 atom stereocenters. The lowest BCUT2D eigenvalue weighted by Crippen LogP contribution is -2.30. The molecule has 0 aliphatic heterocycles. The molecule has 1 N–H and O–H groups in total. The van der Waals surface area contributed by atoms with E-state index in [0.717, 1.165) is 22.9 Å². The molecule has 0 bridgehead atoms. The van der Waals surface area contributed by atoms with Crippen molar-refractivity contribution in [2.24, 2.45) is 5.92 Å². The molecular formula is C13H18BrNO3S. The van der Waals surface area contributed by atoms with Gasteiger partial charge in [-0.3, -0.25) is 4.98 Å². The van der Waals surface area contributed by atoms with Crippen LogP contribution in [0, 0.1) is 5.92 Å². The average molecular weight is 348 g/mol. The molecule has 19 heavy (non-hydrogen) atoms. The fourth-order valence-corrected chi connectivity index (χ4v) is 4.29. The van der Waals surface area contributed by atoms with Crippen LogP contribution in [0.25, 0.3) is 0 Å². The van der Waals surface area contributed by atoms with Crippen LogP contribution in [-0.2, 0) is 9.84 Å². The van der Waals surface area contributed by atoms with Gasteiger partial charge in [0.15, 0.2) is 0 Å². The minimum Gasteiger partial charge on any atom is -0.388 e. The van der Waals surface area contributed by atoms with E-state index in [1.807, 2.05) is 6.07 Å². The summed E-state index contributed by atoms with van der Waals surface area (Å²) < 4.78 is 24.1. The predicted molar refractivity (Wildman–Crippen MR) is 77.5 cm³/mol. The van der Waals surface area contributed by atoms with Crippen molar-refractivity contribution in [3.05, 3.63) is 28.5 Å². The topological polar surface area (TPSA) is 67.3 Å². The summed E-state index contributed by atoms with van der Waals surface area (Å²) in [6, 6.07) is 1.84. The van der Waals surface area contributed by atoms with Crippen LogP contribution in [0.4, 0.5) is 0 Å². The predicted octanol–water partition coefficient (Wildman–Crippen LogP) is 2.48. The largest absolute Gasteiger partial charge is 0.388 e. The van der Waals surface area contributed by atoms with E-state index in [1.165, 1.54) is 6.26 Å². The van der Waals surface area contributed by atoms with Crippen LogP contribution in [0.5, 0.6) is 0 Å². The van der Waals surface area contributed by atoms with Gasteiger partial charge in [-0.15, -0.1) is 0 Å². The molecule has 1 fully saturated rings. The lowest BCUT2D eigenvalue weighted by atomic mass is 9.83. The van der Waals surface area contributed by atoms with Crippen molar-refractivity contribution in [3.8, 4) is 0 Å². The third kappa shape index (κ3) is 3.77. The maximum absolute atomic E-state index is 11.6. The van der Waals surface area contributed by atoms with Crippen LogP contribution < -0.4 is 0 Å². The summed E-state index contributed by atoms with van der Waals surface area (Å²) >= 11 is 3.33. The Hall–Kier alpha value is -0.460. The Kier molecular flexibility index (Phi) is 4.63. The molecule has 0 saturated heterocycles. The van der Waals surface area contributed by atoms with E-state index in [9.17, 15) is 13.5 Å². The second-order valence-electron chi connectivity index (χ2n) is 5.26. The van der Waals surface area contributed by atoms with Crippen molar-refractivity contribution in [1.29, 1.82) is 0 Å². The molecule has 0 amide bonds. The van der Waals surface area contributed by atoms with E-state index in [2.05, 4.69) is 20.9 Å². The van der Waals surface area contributed by atoms with Gasteiger partial charge < -0.3 is 5.11 Å². The molecule has 2 rings (SSSR count). The molecule has 4 nitrogen and oxygen atoms in total. The van der Waals surface area contributed by atoms with Gasteiger partial charge in [0.25, 0.3) is 0 Å². The standard InChI is InChI=1S/C13H18BrNO3S/c1-19(17,18)12-4-2-3-9(6-12)13(16)10-5-11(14)8-15-7-10/h5,7-9,12-13,16H,2-4,6H2,1H3. The van der Waals surface area contributed by atoms with Gasteiger partial charge in [0.05, 0.1) is 11.4 Å². The van der Waals surface area contributed by atoms with E-state index in [-0.39, 0.29) is 11.2 Å². The summed E-state index contributed by atoms with van der Waals surface area (Å²) in [4.78, 5) is 4.04.